The number of anilines is 1. The van der Waals surface area contributed by atoms with E-state index in [1.165, 1.54) is 6.39 Å². The van der Waals surface area contributed by atoms with Crippen molar-refractivity contribution in [1.82, 2.24) is 4.98 Å². The second-order valence-corrected chi connectivity index (χ2v) is 6.14. The van der Waals surface area contributed by atoms with E-state index >= 15 is 0 Å². The van der Waals surface area contributed by atoms with E-state index in [9.17, 15) is 4.79 Å². The molecule has 5 nitrogen and oxygen atoms in total. The van der Waals surface area contributed by atoms with Crippen LogP contribution in [0.1, 0.15) is 5.56 Å². The lowest BCUT2D eigenvalue weighted by Crippen LogP contribution is -2.14. The number of amides is 1. The molecule has 0 spiro atoms. The number of carbonyl (C=O) groups is 1. The number of ether oxygens (including phenoxy) is 1. The van der Waals surface area contributed by atoms with Gasteiger partial charge in [-0.2, -0.15) is 0 Å². The first kappa shape index (κ1) is 16.8. The highest BCUT2D eigenvalue weighted by Crippen LogP contribution is 2.32. The topological polar surface area (TPSA) is 64.4 Å². The summed E-state index contributed by atoms with van der Waals surface area (Å²) in [5.74, 6) is 1.14. The predicted octanol–water partition coefficient (Wildman–Crippen LogP) is 4.68. The summed E-state index contributed by atoms with van der Waals surface area (Å²) in [7, 11) is 1.58. The van der Waals surface area contributed by atoms with Crippen LogP contribution in [-0.4, -0.2) is 18.0 Å². The fourth-order valence-corrected chi connectivity index (χ4v) is 3.15. The molecule has 0 aliphatic carbocycles. The average molecular weight is 358 g/mol. The summed E-state index contributed by atoms with van der Waals surface area (Å²) in [5.41, 5.74) is 2.44. The molecule has 4 rings (SSSR count). The van der Waals surface area contributed by atoms with Crippen LogP contribution in [0.4, 0.5) is 5.69 Å². The van der Waals surface area contributed by atoms with E-state index in [4.69, 9.17) is 9.15 Å². The quantitative estimate of drug-likeness (QED) is 0.562. The van der Waals surface area contributed by atoms with Gasteiger partial charge in [0.2, 0.25) is 5.91 Å². The molecular formula is C22H18N2O3. The van der Waals surface area contributed by atoms with Crippen LogP contribution in [0.2, 0.25) is 0 Å². The number of rotatable bonds is 5. The van der Waals surface area contributed by atoms with Gasteiger partial charge in [-0.1, -0.05) is 42.5 Å². The number of nitrogens with zero attached hydrogens (tertiary/aromatic N) is 1. The molecule has 4 aromatic rings. The molecule has 1 amide bonds. The maximum Gasteiger partial charge on any atom is 0.228 e. The van der Waals surface area contributed by atoms with Gasteiger partial charge in [0.1, 0.15) is 5.75 Å². The molecular weight excluding hydrogens is 340 g/mol. The number of hydrogen-bond acceptors (Lipinski definition) is 4. The van der Waals surface area contributed by atoms with Crippen molar-refractivity contribution in [3.63, 3.8) is 0 Å². The number of benzene rings is 3. The first-order valence-electron chi connectivity index (χ1n) is 8.58. The Balaban J connectivity index is 1.54. The van der Waals surface area contributed by atoms with Crippen LogP contribution in [0.3, 0.4) is 0 Å². The predicted molar refractivity (Wildman–Crippen MR) is 105 cm³/mol. The molecule has 1 N–H and O–H groups in total. The van der Waals surface area contributed by atoms with Crippen LogP contribution >= 0.6 is 0 Å². The molecule has 5 heteroatoms. The molecule has 0 saturated carbocycles. The number of hydrogen-bond donors (Lipinski definition) is 1. The monoisotopic (exact) mass is 358 g/mol. The van der Waals surface area contributed by atoms with Gasteiger partial charge in [0.15, 0.2) is 12.2 Å². The Bertz CT molecular complexity index is 1080. The van der Waals surface area contributed by atoms with Crippen LogP contribution in [-0.2, 0) is 11.2 Å². The minimum absolute atomic E-state index is 0.0826. The van der Waals surface area contributed by atoms with Crippen molar-refractivity contribution in [3.05, 3.63) is 78.8 Å². The summed E-state index contributed by atoms with van der Waals surface area (Å²) in [6.07, 6.45) is 3.29. The van der Waals surface area contributed by atoms with Gasteiger partial charge in [-0.3, -0.25) is 4.79 Å². The van der Waals surface area contributed by atoms with Crippen molar-refractivity contribution in [1.29, 1.82) is 0 Å². The number of carbonyl (C=O) groups excluding carboxylic acids is 1. The fraction of sp³-hybridized carbons (Fsp3) is 0.0909. The lowest BCUT2D eigenvalue weighted by molar-refractivity contribution is -0.115. The molecule has 0 aliphatic heterocycles. The number of nitrogens with one attached hydrogen (secondary N) is 1. The highest BCUT2D eigenvalue weighted by Gasteiger charge is 2.12. The molecule has 0 unspecified atom stereocenters. The van der Waals surface area contributed by atoms with E-state index in [1.807, 2.05) is 54.6 Å². The summed E-state index contributed by atoms with van der Waals surface area (Å²) in [4.78, 5) is 16.5. The lowest BCUT2D eigenvalue weighted by Gasteiger charge is -2.11. The van der Waals surface area contributed by atoms with Crippen molar-refractivity contribution in [2.75, 3.05) is 12.4 Å². The standard InChI is InChI=1S/C22H18N2O3/c1-26-20-12-17(9-10-19(20)21-13-23-14-27-21)24-22(25)11-16-7-4-6-15-5-2-3-8-18(15)16/h2-10,12-14H,11H2,1H3,(H,24,25). The Morgan fingerprint density at radius 1 is 1.11 bits per heavy atom. The highest BCUT2D eigenvalue weighted by atomic mass is 16.5. The molecule has 0 aliphatic rings. The normalized spacial score (nSPS) is 10.7. The van der Waals surface area contributed by atoms with Gasteiger partial charge in [-0.25, -0.2) is 4.98 Å². The van der Waals surface area contributed by atoms with E-state index < -0.39 is 0 Å². The van der Waals surface area contributed by atoms with Crippen LogP contribution in [0.15, 0.2) is 77.7 Å². The summed E-state index contributed by atoms with van der Waals surface area (Å²) in [5, 5.41) is 5.15. The summed E-state index contributed by atoms with van der Waals surface area (Å²) in [6, 6.07) is 19.5. The van der Waals surface area contributed by atoms with Crippen LogP contribution in [0, 0.1) is 0 Å². The van der Waals surface area contributed by atoms with Crippen LogP contribution in [0.5, 0.6) is 5.75 Å². The Labute approximate surface area is 156 Å². The Morgan fingerprint density at radius 3 is 2.78 bits per heavy atom. The van der Waals surface area contributed by atoms with Crippen molar-refractivity contribution in [2.24, 2.45) is 0 Å². The van der Waals surface area contributed by atoms with E-state index in [2.05, 4.69) is 10.3 Å². The van der Waals surface area contributed by atoms with E-state index in [0.29, 0.717) is 23.6 Å². The maximum atomic E-state index is 12.6. The van der Waals surface area contributed by atoms with Crippen molar-refractivity contribution >= 4 is 22.4 Å². The van der Waals surface area contributed by atoms with Gasteiger partial charge in [0, 0.05) is 11.8 Å². The van der Waals surface area contributed by atoms with Crippen molar-refractivity contribution < 1.29 is 13.9 Å². The third-order valence-corrected chi connectivity index (χ3v) is 4.41. The van der Waals surface area contributed by atoms with Crippen LogP contribution in [0.25, 0.3) is 22.1 Å². The molecule has 1 heterocycles. The van der Waals surface area contributed by atoms with Crippen molar-refractivity contribution in [3.8, 4) is 17.1 Å². The minimum Gasteiger partial charge on any atom is -0.496 e. The molecule has 0 fully saturated rings. The lowest BCUT2D eigenvalue weighted by atomic mass is 10.0. The number of methoxy groups -OCH3 is 1. The van der Waals surface area contributed by atoms with E-state index in [-0.39, 0.29) is 5.91 Å². The first-order chi connectivity index (χ1) is 13.2. The number of oxazole rings is 1. The summed E-state index contributed by atoms with van der Waals surface area (Å²) in [6.45, 7) is 0. The van der Waals surface area contributed by atoms with Crippen LogP contribution < -0.4 is 10.1 Å². The molecule has 134 valence electrons. The third-order valence-electron chi connectivity index (χ3n) is 4.41. The summed E-state index contributed by atoms with van der Waals surface area (Å²) < 4.78 is 10.8. The Kier molecular flexibility index (Phi) is 4.58. The van der Waals surface area contributed by atoms with E-state index in [0.717, 1.165) is 21.9 Å². The molecule has 27 heavy (non-hydrogen) atoms. The third kappa shape index (κ3) is 3.53. The van der Waals surface area contributed by atoms with Gasteiger partial charge in [-0.05, 0) is 28.5 Å². The smallest absolute Gasteiger partial charge is 0.228 e. The highest BCUT2D eigenvalue weighted by molar-refractivity contribution is 5.96. The molecule has 1 aromatic heterocycles. The molecule has 3 aromatic carbocycles. The van der Waals surface area contributed by atoms with Gasteiger partial charge >= 0.3 is 0 Å². The van der Waals surface area contributed by atoms with Crippen molar-refractivity contribution in [2.45, 2.75) is 6.42 Å². The Morgan fingerprint density at radius 2 is 1.96 bits per heavy atom. The number of fused-ring (bicyclic) bond motifs is 1. The second kappa shape index (κ2) is 7.33. The van der Waals surface area contributed by atoms with Gasteiger partial charge in [0.05, 0.1) is 25.3 Å². The zero-order chi connectivity index (χ0) is 18.6. The zero-order valence-corrected chi connectivity index (χ0v) is 14.8. The zero-order valence-electron chi connectivity index (χ0n) is 14.8. The molecule has 0 bridgehead atoms. The minimum atomic E-state index is -0.0826. The molecule has 0 saturated heterocycles. The largest absolute Gasteiger partial charge is 0.496 e. The van der Waals surface area contributed by atoms with E-state index in [1.54, 1.807) is 19.4 Å². The summed E-state index contributed by atoms with van der Waals surface area (Å²) >= 11 is 0. The molecule has 0 radical (unpaired) electrons. The van der Waals surface area contributed by atoms with Gasteiger partial charge < -0.3 is 14.5 Å². The van der Waals surface area contributed by atoms with Gasteiger partial charge in [-0.15, -0.1) is 0 Å². The van der Waals surface area contributed by atoms with Gasteiger partial charge in [0.25, 0.3) is 0 Å². The molecule has 0 atom stereocenters. The fourth-order valence-electron chi connectivity index (χ4n) is 3.15. The first-order valence-corrected chi connectivity index (χ1v) is 8.58. The SMILES string of the molecule is COc1cc(NC(=O)Cc2cccc3ccccc23)ccc1-c1cnco1. The number of aromatic nitrogens is 1. The average Bonchev–Trinajstić information content (AvgIpc) is 3.22. The second-order valence-electron chi connectivity index (χ2n) is 6.14. The maximum absolute atomic E-state index is 12.6. The Hall–Kier alpha value is -3.60.